The van der Waals surface area contributed by atoms with Crippen LogP contribution in [0.25, 0.3) is 93.9 Å². The molecule has 0 aliphatic heterocycles. The van der Waals surface area contributed by atoms with Gasteiger partial charge in [0.1, 0.15) is 5.82 Å². The summed E-state index contributed by atoms with van der Waals surface area (Å²) in [6.07, 6.45) is 0. The van der Waals surface area contributed by atoms with Crippen molar-refractivity contribution in [1.82, 2.24) is 14.5 Å². The number of rotatable bonds is 2. The Labute approximate surface area is 277 Å². The number of hydrogen-bond acceptors (Lipinski definition) is 2. The Kier molecular flexibility index (Phi) is 4.91. The van der Waals surface area contributed by atoms with Gasteiger partial charge in [0.2, 0.25) is 0 Å². The zero-order chi connectivity index (χ0) is 31.7. The van der Waals surface area contributed by atoms with Crippen molar-refractivity contribution < 1.29 is 0 Å². The van der Waals surface area contributed by atoms with Crippen molar-refractivity contribution in [1.29, 1.82) is 0 Å². The van der Waals surface area contributed by atoms with Gasteiger partial charge < -0.3 is 0 Å². The Morgan fingerprint density at radius 3 is 1.94 bits per heavy atom. The predicted molar refractivity (Wildman–Crippen MR) is 199 cm³/mol. The van der Waals surface area contributed by atoms with Gasteiger partial charge in [-0.3, -0.25) is 4.57 Å². The highest BCUT2D eigenvalue weighted by Crippen LogP contribution is 2.53. The van der Waals surface area contributed by atoms with Crippen molar-refractivity contribution in [2.24, 2.45) is 0 Å². The Balaban J connectivity index is 1.29. The van der Waals surface area contributed by atoms with E-state index >= 15 is 0 Å². The van der Waals surface area contributed by atoms with E-state index in [9.17, 15) is 0 Å². The molecule has 2 heterocycles. The molecule has 0 unspecified atom stereocenters. The molecule has 11 rings (SSSR count). The molecule has 0 spiro atoms. The maximum absolute atomic E-state index is 5.63. The van der Waals surface area contributed by atoms with Crippen LogP contribution in [0.1, 0.15) is 25.1 Å². The smallest absolute Gasteiger partial charge is 0.162 e. The highest BCUT2D eigenvalue weighted by Gasteiger charge is 2.40. The number of benzene rings is 7. The minimum absolute atomic E-state index is 0.297. The van der Waals surface area contributed by atoms with E-state index in [1.807, 2.05) is 0 Å². The zero-order valence-corrected chi connectivity index (χ0v) is 26.6. The van der Waals surface area contributed by atoms with Crippen LogP contribution in [0.4, 0.5) is 0 Å². The maximum Gasteiger partial charge on any atom is 0.162 e. The number of para-hydroxylation sites is 1. The fraction of sp³-hybridized carbons (Fsp3) is 0.0667. The number of nitrogens with zero attached hydrogens (tertiary/aromatic N) is 3. The van der Waals surface area contributed by atoms with Crippen molar-refractivity contribution in [2.45, 2.75) is 19.3 Å². The molecule has 0 bridgehead atoms. The summed E-state index contributed by atoms with van der Waals surface area (Å²) in [6.45, 7) is 4.61. The number of hydrogen-bond donors (Lipinski definition) is 0. The van der Waals surface area contributed by atoms with Gasteiger partial charge in [0.05, 0.1) is 16.7 Å². The van der Waals surface area contributed by atoms with E-state index in [0.29, 0.717) is 0 Å². The predicted octanol–water partition coefficient (Wildman–Crippen LogP) is 11.5. The first-order valence-electron chi connectivity index (χ1n) is 16.7. The van der Waals surface area contributed by atoms with Gasteiger partial charge in [-0.15, -0.1) is 0 Å². The van der Waals surface area contributed by atoms with E-state index in [0.717, 1.165) is 39.5 Å². The van der Waals surface area contributed by atoms with Gasteiger partial charge in [-0.25, -0.2) is 9.97 Å². The maximum atomic E-state index is 5.63. The fourth-order valence-corrected chi connectivity index (χ4v) is 8.69. The quantitative estimate of drug-likeness (QED) is 0.195. The molecule has 2 aliphatic rings. The summed E-state index contributed by atoms with van der Waals surface area (Å²) >= 11 is 0. The summed E-state index contributed by atoms with van der Waals surface area (Å²) in [6, 6.07) is 50.8. The fourth-order valence-electron chi connectivity index (χ4n) is 8.69. The Bertz CT molecular complexity index is 2840. The molecule has 7 aromatic carbocycles. The molecule has 0 saturated heterocycles. The molecule has 0 N–H and O–H groups in total. The second kappa shape index (κ2) is 9.05. The largest absolute Gasteiger partial charge is 0.293 e. The van der Waals surface area contributed by atoms with Crippen molar-refractivity contribution in [3.8, 4) is 50.6 Å². The number of aromatic nitrogens is 3. The summed E-state index contributed by atoms with van der Waals surface area (Å²) in [4.78, 5) is 11.2. The van der Waals surface area contributed by atoms with Gasteiger partial charge >= 0.3 is 0 Å². The first-order chi connectivity index (χ1) is 23.6. The van der Waals surface area contributed by atoms with Gasteiger partial charge in [-0.1, -0.05) is 129 Å². The van der Waals surface area contributed by atoms with Gasteiger partial charge in [-0.2, -0.15) is 0 Å². The van der Waals surface area contributed by atoms with Gasteiger partial charge in [0.25, 0.3) is 0 Å². The normalized spacial score (nSPS) is 13.8. The molecular formula is C45H29N3. The SMILES string of the molecule is CC1(C)c2ccccc2-c2c(-n3c4ccccc4c4cc5ccccc5cc43)nc(-c3ccc4c5c(cccc35)-c3ccccc3-4)nc21. The molecule has 2 aromatic heterocycles. The molecule has 0 atom stereocenters. The molecule has 0 radical (unpaired) electrons. The van der Waals surface area contributed by atoms with E-state index in [1.165, 1.54) is 65.7 Å². The van der Waals surface area contributed by atoms with Crippen LogP contribution >= 0.6 is 0 Å². The highest BCUT2D eigenvalue weighted by molar-refractivity contribution is 6.18. The average Bonchev–Trinajstić information content (AvgIpc) is 3.71. The lowest BCUT2D eigenvalue weighted by Crippen LogP contribution is -2.18. The molecule has 0 fully saturated rings. The van der Waals surface area contributed by atoms with Crippen molar-refractivity contribution in [2.75, 3.05) is 0 Å². The summed E-state index contributed by atoms with van der Waals surface area (Å²) in [5, 5.41) is 7.38. The summed E-state index contributed by atoms with van der Waals surface area (Å²) in [7, 11) is 0. The van der Waals surface area contributed by atoms with Crippen LogP contribution in [-0.2, 0) is 5.41 Å². The van der Waals surface area contributed by atoms with Crippen LogP contribution < -0.4 is 0 Å². The minimum atomic E-state index is -0.297. The van der Waals surface area contributed by atoms with Crippen LogP contribution in [-0.4, -0.2) is 14.5 Å². The standard InChI is InChI=1S/C45H29N3/c1-45(2)37-20-9-7-17-35(37)41-42(45)46-43(34-23-22-33-29-15-6-5-14-28(29)31-18-11-19-32(34)40(31)33)47-44(41)48-38-21-10-8-16-30(38)36-24-26-12-3-4-13-27(26)25-39(36)48/h3-25H,1-2H3. The average molecular weight is 612 g/mol. The third kappa shape index (κ3) is 3.23. The van der Waals surface area contributed by atoms with E-state index in [1.54, 1.807) is 0 Å². The molecule has 9 aromatic rings. The van der Waals surface area contributed by atoms with Crippen LogP contribution in [0.2, 0.25) is 0 Å². The van der Waals surface area contributed by atoms with Crippen molar-refractivity contribution in [3.05, 3.63) is 151 Å². The monoisotopic (exact) mass is 611 g/mol. The molecule has 0 amide bonds. The topological polar surface area (TPSA) is 30.7 Å². The Morgan fingerprint density at radius 1 is 0.479 bits per heavy atom. The molecular weight excluding hydrogens is 583 g/mol. The summed E-state index contributed by atoms with van der Waals surface area (Å²) < 4.78 is 2.40. The van der Waals surface area contributed by atoms with E-state index in [4.69, 9.17) is 9.97 Å². The molecule has 3 heteroatoms. The second-order valence-corrected chi connectivity index (χ2v) is 13.8. The van der Waals surface area contributed by atoms with Crippen LogP contribution in [0, 0.1) is 0 Å². The minimum Gasteiger partial charge on any atom is -0.293 e. The lowest BCUT2D eigenvalue weighted by atomic mass is 9.85. The summed E-state index contributed by atoms with van der Waals surface area (Å²) in [5.41, 5.74) is 12.9. The molecule has 3 nitrogen and oxygen atoms in total. The highest BCUT2D eigenvalue weighted by atomic mass is 15.1. The summed E-state index contributed by atoms with van der Waals surface area (Å²) in [5.74, 6) is 1.69. The van der Waals surface area contributed by atoms with Gasteiger partial charge in [0.15, 0.2) is 5.82 Å². The lowest BCUT2D eigenvalue weighted by Gasteiger charge is -2.22. The molecule has 224 valence electrons. The van der Waals surface area contributed by atoms with Gasteiger partial charge in [0, 0.05) is 27.3 Å². The van der Waals surface area contributed by atoms with E-state index in [-0.39, 0.29) is 5.41 Å². The molecule has 2 aliphatic carbocycles. The zero-order valence-electron chi connectivity index (χ0n) is 26.6. The van der Waals surface area contributed by atoms with Crippen LogP contribution in [0.15, 0.2) is 140 Å². The third-order valence-corrected chi connectivity index (χ3v) is 10.9. The van der Waals surface area contributed by atoms with E-state index in [2.05, 4.69) is 158 Å². The number of fused-ring (bicyclic) bond motifs is 10. The first kappa shape index (κ1) is 26.1. The first-order valence-corrected chi connectivity index (χ1v) is 16.7. The second-order valence-electron chi connectivity index (χ2n) is 13.8. The molecule has 0 saturated carbocycles. The molecule has 48 heavy (non-hydrogen) atoms. The Morgan fingerprint density at radius 2 is 1.10 bits per heavy atom. The van der Waals surface area contributed by atoms with Gasteiger partial charge in [-0.05, 0) is 79.2 Å². The van der Waals surface area contributed by atoms with Crippen LogP contribution in [0.3, 0.4) is 0 Å². The van der Waals surface area contributed by atoms with Crippen molar-refractivity contribution >= 4 is 43.4 Å². The van der Waals surface area contributed by atoms with E-state index < -0.39 is 0 Å². The third-order valence-electron chi connectivity index (χ3n) is 10.9. The Hall–Kier alpha value is -6.06. The van der Waals surface area contributed by atoms with Crippen LogP contribution in [0.5, 0.6) is 0 Å². The van der Waals surface area contributed by atoms with Crippen molar-refractivity contribution in [3.63, 3.8) is 0 Å². The lowest BCUT2D eigenvalue weighted by molar-refractivity contribution is 0.635.